The van der Waals surface area contributed by atoms with Crippen molar-refractivity contribution in [3.8, 4) is 11.5 Å². The molecule has 0 aliphatic rings. The van der Waals surface area contributed by atoms with Crippen LogP contribution >= 0.6 is 11.6 Å². The molecule has 1 amide bonds. The SMILES string of the molecule is COc1ccc(O[C@H](C)C(=O)Nc2ccc(S(=O)(=O)Nc3cccc(Cl)c3C)cc2)cc1. The van der Waals surface area contributed by atoms with Crippen molar-refractivity contribution >= 4 is 38.9 Å². The number of ether oxygens (including phenoxy) is 2. The fourth-order valence-corrected chi connectivity index (χ4v) is 4.09. The highest BCUT2D eigenvalue weighted by Crippen LogP contribution is 2.26. The van der Waals surface area contributed by atoms with Gasteiger partial charge in [-0.1, -0.05) is 17.7 Å². The number of hydrogen-bond donors (Lipinski definition) is 2. The molecule has 7 nitrogen and oxygen atoms in total. The number of halogens is 1. The Morgan fingerprint density at radius 3 is 2.22 bits per heavy atom. The number of carbonyl (C=O) groups excluding carboxylic acids is 1. The molecular formula is C23H23ClN2O5S. The van der Waals surface area contributed by atoms with Gasteiger partial charge in [-0.25, -0.2) is 8.42 Å². The first kappa shape index (κ1) is 23.4. The molecule has 3 aromatic rings. The largest absolute Gasteiger partial charge is 0.497 e. The number of nitrogens with one attached hydrogen (secondary N) is 2. The summed E-state index contributed by atoms with van der Waals surface area (Å²) in [5, 5.41) is 3.18. The molecule has 0 fully saturated rings. The van der Waals surface area contributed by atoms with E-state index >= 15 is 0 Å². The second-order valence-electron chi connectivity index (χ2n) is 6.97. The van der Waals surface area contributed by atoms with Gasteiger partial charge in [-0.2, -0.15) is 0 Å². The van der Waals surface area contributed by atoms with Crippen LogP contribution in [0.4, 0.5) is 11.4 Å². The molecule has 3 aromatic carbocycles. The molecule has 3 rings (SSSR count). The normalized spacial score (nSPS) is 12.0. The Labute approximate surface area is 192 Å². The van der Waals surface area contributed by atoms with Crippen LogP contribution in [0.25, 0.3) is 0 Å². The van der Waals surface area contributed by atoms with E-state index in [0.29, 0.717) is 33.5 Å². The third kappa shape index (κ3) is 5.72. The van der Waals surface area contributed by atoms with Crippen molar-refractivity contribution in [2.75, 3.05) is 17.1 Å². The van der Waals surface area contributed by atoms with Crippen molar-refractivity contribution in [1.82, 2.24) is 0 Å². The average molecular weight is 475 g/mol. The summed E-state index contributed by atoms with van der Waals surface area (Å²) in [6, 6.07) is 17.7. The van der Waals surface area contributed by atoms with Crippen LogP contribution in [0, 0.1) is 6.92 Å². The molecule has 0 aliphatic heterocycles. The van der Waals surface area contributed by atoms with Gasteiger partial charge >= 0.3 is 0 Å². The molecule has 0 spiro atoms. The summed E-state index contributed by atoms with van der Waals surface area (Å²) in [6.45, 7) is 3.35. The van der Waals surface area contributed by atoms with Crippen LogP contribution in [0.5, 0.6) is 11.5 Å². The Balaban J connectivity index is 1.64. The number of anilines is 2. The number of carbonyl (C=O) groups is 1. The molecule has 0 aliphatic carbocycles. The van der Waals surface area contributed by atoms with Crippen LogP contribution in [0.3, 0.4) is 0 Å². The molecule has 0 aromatic heterocycles. The van der Waals surface area contributed by atoms with E-state index in [2.05, 4.69) is 10.0 Å². The Morgan fingerprint density at radius 2 is 1.59 bits per heavy atom. The third-order valence-electron chi connectivity index (χ3n) is 4.69. The van der Waals surface area contributed by atoms with E-state index < -0.39 is 16.1 Å². The highest BCUT2D eigenvalue weighted by molar-refractivity contribution is 7.92. The van der Waals surface area contributed by atoms with Gasteiger partial charge in [0.2, 0.25) is 0 Å². The first-order chi connectivity index (χ1) is 15.2. The van der Waals surface area contributed by atoms with E-state index in [0.717, 1.165) is 0 Å². The molecule has 0 saturated heterocycles. The van der Waals surface area contributed by atoms with Crippen molar-refractivity contribution in [3.63, 3.8) is 0 Å². The summed E-state index contributed by atoms with van der Waals surface area (Å²) in [4.78, 5) is 12.5. The lowest BCUT2D eigenvalue weighted by molar-refractivity contribution is -0.122. The lowest BCUT2D eigenvalue weighted by Gasteiger charge is -2.15. The molecule has 0 heterocycles. The molecule has 2 N–H and O–H groups in total. The zero-order chi connectivity index (χ0) is 23.3. The van der Waals surface area contributed by atoms with Gasteiger partial charge in [0.15, 0.2) is 6.10 Å². The number of sulfonamides is 1. The quantitative estimate of drug-likeness (QED) is 0.486. The molecule has 1 atom stereocenters. The van der Waals surface area contributed by atoms with Crippen molar-refractivity contribution in [2.24, 2.45) is 0 Å². The second kappa shape index (κ2) is 9.93. The molecular weight excluding hydrogens is 452 g/mol. The highest BCUT2D eigenvalue weighted by Gasteiger charge is 2.18. The standard InChI is InChI=1S/C23H23ClN2O5S/c1-15-21(24)5-4-6-22(15)26-32(28,29)20-13-7-17(8-14-20)25-23(27)16(2)31-19-11-9-18(30-3)10-12-19/h4-14,16,26H,1-3H3,(H,25,27)/t16-/m1/s1. The number of rotatable bonds is 8. The van der Waals surface area contributed by atoms with Crippen LogP contribution in [0.1, 0.15) is 12.5 Å². The topological polar surface area (TPSA) is 93.7 Å². The van der Waals surface area contributed by atoms with Gasteiger partial charge in [0, 0.05) is 10.7 Å². The van der Waals surface area contributed by atoms with Crippen LogP contribution < -0.4 is 19.5 Å². The van der Waals surface area contributed by atoms with Gasteiger partial charge in [0.1, 0.15) is 11.5 Å². The van der Waals surface area contributed by atoms with Gasteiger partial charge in [0.05, 0.1) is 17.7 Å². The highest BCUT2D eigenvalue weighted by atomic mass is 35.5. The van der Waals surface area contributed by atoms with Gasteiger partial charge < -0.3 is 14.8 Å². The smallest absolute Gasteiger partial charge is 0.265 e. The Morgan fingerprint density at radius 1 is 0.969 bits per heavy atom. The summed E-state index contributed by atoms with van der Waals surface area (Å²) in [5.74, 6) is 0.839. The van der Waals surface area contributed by atoms with Crippen molar-refractivity contribution in [3.05, 3.63) is 77.3 Å². The van der Waals surface area contributed by atoms with E-state index in [9.17, 15) is 13.2 Å². The zero-order valence-electron chi connectivity index (χ0n) is 17.8. The van der Waals surface area contributed by atoms with Crippen molar-refractivity contribution in [1.29, 1.82) is 0 Å². The zero-order valence-corrected chi connectivity index (χ0v) is 19.3. The van der Waals surface area contributed by atoms with Gasteiger partial charge in [-0.3, -0.25) is 9.52 Å². The molecule has 32 heavy (non-hydrogen) atoms. The van der Waals surface area contributed by atoms with E-state index in [-0.39, 0.29) is 10.8 Å². The maximum atomic E-state index is 12.7. The maximum absolute atomic E-state index is 12.7. The predicted octanol–water partition coefficient (Wildman–Crippen LogP) is 4.86. The lowest BCUT2D eigenvalue weighted by Crippen LogP contribution is -2.30. The van der Waals surface area contributed by atoms with Crippen LogP contribution in [-0.4, -0.2) is 27.5 Å². The Hall–Kier alpha value is -3.23. The van der Waals surface area contributed by atoms with E-state index in [4.69, 9.17) is 21.1 Å². The minimum Gasteiger partial charge on any atom is -0.497 e. The summed E-state index contributed by atoms with van der Waals surface area (Å²) in [7, 11) is -2.25. The van der Waals surface area contributed by atoms with Crippen LogP contribution in [0.2, 0.25) is 5.02 Å². The lowest BCUT2D eigenvalue weighted by atomic mass is 10.2. The molecule has 9 heteroatoms. The maximum Gasteiger partial charge on any atom is 0.265 e. The Kier molecular flexibility index (Phi) is 7.27. The first-order valence-corrected chi connectivity index (χ1v) is 11.6. The molecule has 0 unspecified atom stereocenters. The summed E-state index contributed by atoms with van der Waals surface area (Å²) >= 11 is 6.06. The Bertz CT molecular complexity index is 1200. The second-order valence-corrected chi connectivity index (χ2v) is 9.06. The van der Waals surface area contributed by atoms with Crippen molar-refractivity contribution in [2.45, 2.75) is 24.8 Å². The van der Waals surface area contributed by atoms with Gasteiger partial charge in [-0.05, 0) is 80.1 Å². The van der Waals surface area contributed by atoms with E-state index in [1.54, 1.807) is 63.4 Å². The number of methoxy groups -OCH3 is 1. The van der Waals surface area contributed by atoms with Crippen LogP contribution in [0.15, 0.2) is 71.6 Å². The summed E-state index contributed by atoms with van der Waals surface area (Å²) < 4.78 is 38.6. The van der Waals surface area contributed by atoms with E-state index in [1.807, 2.05) is 0 Å². The number of hydrogen-bond acceptors (Lipinski definition) is 5. The number of amides is 1. The fraction of sp³-hybridized carbons (Fsp3) is 0.174. The summed E-state index contributed by atoms with van der Waals surface area (Å²) in [6.07, 6.45) is -0.765. The minimum absolute atomic E-state index is 0.0532. The van der Waals surface area contributed by atoms with E-state index in [1.165, 1.54) is 24.3 Å². The molecule has 0 radical (unpaired) electrons. The summed E-state index contributed by atoms with van der Waals surface area (Å²) in [5.41, 5.74) is 1.48. The number of benzene rings is 3. The predicted molar refractivity (Wildman–Crippen MR) is 125 cm³/mol. The fourth-order valence-electron chi connectivity index (χ4n) is 2.79. The van der Waals surface area contributed by atoms with Crippen molar-refractivity contribution < 1.29 is 22.7 Å². The third-order valence-corrected chi connectivity index (χ3v) is 6.48. The molecule has 0 saturated carbocycles. The average Bonchev–Trinajstić information content (AvgIpc) is 2.77. The molecule has 168 valence electrons. The van der Waals surface area contributed by atoms with Gasteiger partial charge in [0.25, 0.3) is 15.9 Å². The van der Waals surface area contributed by atoms with Crippen LogP contribution in [-0.2, 0) is 14.8 Å². The van der Waals surface area contributed by atoms with Gasteiger partial charge in [-0.15, -0.1) is 0 Å². The monoisotopic (exact) mass is 474 g/mol. The minimum atomic E-state index is -3.82. The molecule has 0 bridgehead atoms. The first-order valence-electron chi connectivity index (χ1n) is 9.69.